The van der Waals surface area contributed by atoms with Gasteiger partial charge in [0.2, 0.25) is 0 Å². The Morgan fingerprint density at radius 1 is 1.20 bits per heavy atom. The average molecular weight is 354 g/mol. The van der Waals surface area contributed by atoms with Crippen LogP contribution in [0, 0.1) is 6.92 Å². The Hall–Kier alpha value is -2.67. The highest BCUT2D eigenvalue weighted by Crippen LogP contribution is 2.16. The predicted molar refractivity (Wildman–Crippen MR) is 103 cm³/mol. The molecule has 3 rings (SSSR count). The van der Waals surface area contributed by atoms with Crippen LogP contribution < -0.4 is 10.6 Å². The van der Waals surface area contributed by atoms with Crippen molar-refractivity contribution in [2.45, 2.75) is 26.4 Å². The van der Waals surface area contributed by atoms with Crippen molar-refractivity contribution in [2.75, 3.05) is 5.32 Å². The quantitative estimate of drug-likeness (QED) is 0.690. The Morgan fingerprint density at radius 3 is 2.64 bits per heavy atom. The molecule has 130 valence electrons. The van der Waals surface area contributed by atoms with E-state index in [0.29, 0.717) is 5.11 Å². The van der Waals surface area contributed by atoms with E-state index in [2.05, 4.69) is 39.9 Å². The predicted octanol–water partition coefficient (Wildman–Crippen LogP) is 3.02. The van der Waals surface area contributed by atoms with Crippen molar-refractivity contribution in [1.82, 2.24) is 24.9 Å². The summed E-state index contributed by atoms with van der Waals surface area (Å²) in [5.74, 6) is 0. The molecule has 1 unspecified atom stereocenters. The summed E-state index contributed by atoms with van der Waals surface area (Å²) < 4.78 is 3.74. The molecule has 0 saturated heterocycles. The molecule has 2 N–H and O–H groups in total. The van der Waals surface area contributed by atoms with Crippen molar-refractivity contribution in [3.8, 4) is 0 Å². The largest absolute Gasteiger partial charge is 0.356 e. The third-order valence-electron chi connectivity index (χ3n) is 4.17. The third-order valence-corrected chi connectivity index (χ3v) is 4.39. The lowest BCUT2D eigenvalue weighted by Gasteiger charge is -2.16. The van der Waals surface area contributed by atoms with Gasteiger partial charge in [0, 0.05) is 24.5 Å². The van der Waals surface area contributed by atoms with Gasteiger partial charge in [-0.3, -0.25) is 9.36 Å². The number of hydrogen-bond donors (Lipinski definition) is 2. The fourth-order valence-corrected chi connectivity index (χ4v) is 2.96. The number of anilines is 1. The van der Waals surface area contributed by atoms with Gasteiger partial charge in [-0.25, -0.2) is 0 Å². The van der Waals surface area contributed by atoms with Crippen LogP contribution in [0.4, 0.5) is 5.69 Å². The van der Waals surface area contributed by atoms with E-state index in [9.17, 15) is 0 Å². The molecule has 0 amide bonds. The lowest BCUT2D eigenvalue weighted by atomic mass is 10.1. The maximum atomic E-state index is 5.41. The van der Waals surface area contributed by atoms with Gasteiger partial charge in [-0.05, 0) is 31.6 Å². The molecular formula is C18H22N6S. The van der Waals surface area contributed by atoms with E-state index in [1.54, 1.807) is 6.20 Å². The number of aromatic nitrogens is 4. The van der Waals surface area contributed by atoms with Gasteiger partial charge in [0.1, 0.15) is 0 Å². The number of nitrogens with zero attached hydrogens (tertiary/aromatic N) is 4. The van der Waals surface area contributed by atoms with Crippen LogP contribution in [0.15, 0.2) is 48.9 Å². The van der Waals surface area contributed by atoms with Gasteiger partial charge < -0.3 is 10.6 Å². The topological polar surface area (TPSA) is 59.7 Å². The highest BCUT2D eigenvalue weighted by molar-refractivity contribution is 7.80. The smallest absolute Gasteiger partial charge is 0.171 e. The van der Waals surface area contributed by atoms with Crippen molar-refractivity contribution in [3.05, 3.63) is 65.7 Å². The van der Waals surface area contributed by atoms with E-state index in [0.717, 1.165) is 23.5 Å². The van der Waals surface area contributed by atoms with Crippen molar-refractivity contribution in [1.29, 1.82) is 0 Å². The minimum Gasteiger partial charge on any atom is -0.356 e. The summed E-state index contributed by atoms with van der Waals surface area (Å²) in [5.41, 5.74) is 4.33. The Bertz CT molecular complexity index is 852. The van der Waals surface area contributed by atoms with E-state index < -0.39 is 0 Å². The molecule has 25 heavy (non-hydrogen) atoms. The summed E-state index contributed by atoms with van der Waals surface area (Å²) in [5, 5.41) is 15.7. The monoisotopic (exact) mass is 354 g/mol. The molecule has 7 heteroatoms. The van der Waals surface area contributed by atoms with Crippen molar-refractivity contribution >= 4 is 23.0 Å². The minimum absolute atomic E-state index is 0.0769. The van der Waals surface area contributed by atoms with Gasteiger partial charge in [0.05, 0.1) is 30.7 Å². The first kappa shape index (κ1) is 17.2. The average Bonchev–Trinajstić information content (AvgIpc) is 3.15. The second-order valence-corrected chi connectivity index (χ2v) is 6.45. The maximum Gasteiger partial charge on any atom is 0.171 e. The highest BCUT2D eigenvalue weighted by atomic mass is 32.1. The van der Waals surface area contributed by atoms with Gasteiger partial charge in [-0.1, -0.05) is 30.3 Å². The van der Waals surface area contributed by atoms with E-state index in [1.807, 2.05) is 53.9 Å². The number of benzene rings is 1. The molecule has 1 aromatic carbocycles. The summed E-state index contributed by atoms with van der Waals surface area (Å²) in [6.45, 7) is 4.84. The van der Waals surface area contributed by atoms with Gasteiger partial charge in [-0.15, -0.1) is 0 Å². The molecule has 0 saturated carbocycles. The molecule has 2 heterocycles. The number of aryl methyl sites for hydroxylation is 1. The van der Waals surface area contributed by atoms with Crippen LogP contribution in [0.1, 0.15) is 29.8 Å². The van der Waals surface area contributed by atoms with Crippen molar-refractivity contribution in [3.63, 3.8) is 0 Å². The Labute approximate surface area is 152 Å². The molecule has 1 atom stereocenters. The molecule has 0 aliphatic heterocycles. The number of thiocarbonyl (C=S) groups is 1. The summed E-state index contributed by atoms with van der Waals surface area (Å²) in [6.07, 6.45) is 5.59. The number of hydrogen-bond acceptors (Lipinski definition) is 3. The first-order valence-corrected chi connectivity index (χ1v) is 8.56. The standard InChI is InChI=1S/C18H22N6S/c1-13(17-10-19-23(3)14(17)2)21-18(25)22-16-9-20-24(12-16)11-15-7-5-4-6-8-15/h4-10,12-13H,11H2,1-3H3,(H2,21,22,25). The van der Waals surface area contributed by atoms with Crippen molar-refractivity contribution in [2.24, 2.45) is 7.05 Å². The summed E-state index contributed by atoms with van der Waals surface area (Å²) in [7, 11) is 1.93. The van der Waals surface area contributed by atoms with E-state index in [-0.39, 0.29) is 6.04 Å². The van der Waals surface area contributed by atoms with E-state index in [4.69, 9.17) is 12.2 Å². The lowest BCUT2D eigenvalue weighted by molar-refractivity contribution is 0.687. The summed E-state index contributed by atoms with van der Waals surface area (Å²) >= 11 is 5.41. The lowest BCUT2D eigenvalue weighted by Crippen LogP contribution is -2.31. The Balaban J connectivity index is 1.57. The molecule has 0 spiro atoms. The zero-order valence-electron chi connectivity index (χ0n) is 14.6. The molecule has 0 bridgehead atoms. The first-order chi connectivity index (χ1) is 12.0. The van der Waals surface area contributed by atoms with Crippen molar-refractivity contribution < 1.29 is 0 Å². The Kier molecular flexibility index (Phi) is 5.14. The van der Waals surface area contributed by atoms with Crippen LogP contribution in [-0.4, -0.2) is 24.7 Å². The second kappa shape index (κ2) is 7.48. The molecular weight excluding hydrogens is 332 g/mol. The molecule has 6 nitrogen and oxygen atoms in total. The van der Waals surface area contributed by atoms with Gasteiger partial charge in [0.15, 0.2) is 5.11 Å². The van der Waals surface area contributed by atoms with E-state index >= 15 is 0 Å². The highest BCUT2D eigenvalue weighted by Gasteiger charge is 2.13. The second-order valence-electron chi connectivity index (χ2n) is 6.04. The summed E-state index contributed by atoms with van der Waals surface area (Å²) in [4.78, 5) is 0. The van der Waals surface area contributed by atoms with Gasteiger partial charge in [-0.2, -0.15) is 10.2 Å². The molecule has 3 aromatic rings. The molecule has 0 aliphatic carbocycles. The molecule has 2 aromatic heterocycles. The van der Waals surface area contributed by atoms with Gasteiger partial charge in [0.25, 0.3) is 0 Å². The van der Waals surface area contributed by atoms with Crippen LogP contribution in [0.5, 0.6) is 0 Å². The zero-order valence-corrected chi connectivity index (χ0v) is 15.4. The van der Waals surface area contributed by atoms with Crippen LogP contribution in [0.3, 0.4) is 0 Å². The zero-order chi connectivity index (χ0) is 17.8. The number of rotatable bonds is 5. The normalized spacial score (nSPS) is 12.0. The van der Waals surface area contributed by atoms with Crippen LogP contribution >= 0.6 is 12.2 Å². The van der Waals surface area contributed by atoms with Crippen LogP contribution in [0.25, 0.3) is 0 Å². The minimum atomic E-state index is 0.0769. The van der Waals surface area contributed by atoms with Gasteiger partial charge >= 0.3 is 0 Å². The van der Waals surface area contributed by atoms with Crippen LogP contribution in [0.2, 0.25) is 0 Å². The van der Waals surface area contributed by atoms with Crippen LogP contribution in [-0.2, 0) is 13.6 Å². The fourth-order valence-electron chi connectivity index (χ4n) is 2.67. The molecule has 0 aliphatic rings. The molecule has 0 fully saturated rings. The third kappa shape index (κ3) is 4.24. The maximum absolute atomic E-state index is 5.41. The Morgan fingerprint density at radius 2 is 1.96 bits per heavy atom. The fraction of sp³-hybridized carbons (Fsp3) is 0.278. The molecule has 0 radical (unpaired) electrons. The number of nitrogens with one attached hydrogen (secondary N) is 2. The SMILES string of the molecule is Cc1c(C(C)NC(=S)Nc2cnn(Cc3ccccc3)c2)cnn1C. The summed E-state index contributed by atoms with van der Waals surface area (Å²) in [6, 6.07) is 10.3. The first-order valence-electron chi connectivity index (χ1n) is 8.15. The van der Waals surface area contributed by atoms with E-state index in [1.165, 1.54) is 5.56 Å².